The highest BCUT2D eigenvalue weighted by atomic mass is 32.1. The molecular formula is C24H17N3O5S. The summed E-state index contributed by atoms with van der Waals surface area (Å²) in [6, 6.07) is 19.2. The Morgan fingerprint density at radius 1 is 1.09 bits per heavy atom. The number of rotatable bonds is 6. The second-order valence-corrected chi connectivity index (χ2v) is 8.23. The van der Waals surface area contributed by atoms with E-state index < -0.39 is 4.92 Å². The number of thiazole rings is 1. The highest BCUT2D eigenvalue weighted by Gasteiger charge is 2.15. The van der Waals surface area contributed by atoms with Gasteiger partial charge in [-0.15, -0.1) is 0 Å². The number of ether oxygens (including phenoxy) is 2. The molecule has 0 aliphatic rings. The van der Waals surface area contributed by atoms with Gasteiger partial charge in [-0.25, -0.2) is 9.38 Å². The number of aromatic nitrogens is 2. The molecule has 0 aliphatic heterocycles. The number of benzene rings is 3. The molecule has 0 aliphatic carbocycles. The van der Waals surface area contributed by atoms with Gasteiger partial charge in [0, 0.05) is 6.07 Å². The van der Waals surface area contributed by atoms with Gasteiger partial charge in [0.2, 0.25) is 0 Å². The molecule has 0 N–H and O–H groups in total. The van der Waals surface area contributed by atoms with Crippen LogP contribution in [0, 0.1) is 10.1 Å². The Hall–Kier alpha value is -4.24. The van der Waals surface area contributed by atoms with E-state index in [1.165, 1.54) is 24.5 Å². The van der Waals surface area contributed by atoms with Gasteiger partial charge in [0.15, 0.2) is 16.5 Å². The lowest BCUT2D eigenvalue weighted by Gasteiger charge is -2.11. The van der Waals surface area contributed by atoms with Crippen LogP contribution >= 0.6 is 11.3 Å². The van der Waals surface area contributed by atoms with Gasteiger partial charge >= 0.3 is 0 Å². The standard InChI is InChI=1S/C24H17N3O5S/c1-31-21-12-15(10-11-20(21)32-14-16-6-2-4-8-18(16)27(29)30)13-22-23(28)26-19-9-5-3-7-17(19)25-24(26)33-22/h2-13H,14H2,1H3/b22-13-. The summed E-state index contributed by atoms with van der Waals surface area (Å²) in [6.07, 6.45) is 1.78. The molecule has 0 spiro atoms. The predicted octanol–water partition coefficient (Wildman–Crippen LogP) is 3.95. The van der Waals surface area contributed by atoms with E-state index in [0.29, 0.717) is 26.6 Å². The van der Waals surface area contributed by atoms with E-state index in [4.69, 9.17) is 9.47 Å². The Morgan fingerprint density at radius 2 is 1.88 bits per heavy atom. The van der Waals surface area contributed by atoms with Gasteiger partial charge in [-0.1, -0.05) is 41.7 Å². The Labute approximate surface area is 191 Å². The van der Waals surface area contributed by atoms with Crippen molar-refractivity contribution in [1.29, 1.82) is 0 Å². The molecule has 0 saturated heterocycles. The van der Waals surface area contributed by atoms with Gasteiger partial charge in [-0.3, -0.25) is 14.9 Å². The molecule has 8 nitrogen and oxygen atoms in total. The van der Waals surface area contributed by atoms with Crippen LogP contribution in [0.4, 0.5) is 5.69 Å². The molecule has 5 rings (SSSR count). The molecule has 0 amide bonds. The first-order valence-electron chi connectivity index (χ1n) is 10.00. The maximum atomic E-state index is 13.0. The van der Waals surface area contributed by atoms with Crippen molar-refractivity contribution in [3.05, 3.63) is 103 Å². The SMILES string of the molecule is COc1cc(/C=c2\sc3nc4ccccc4n3c2=O)ccc1OCc1ccccc1[N+](=O)[O-]. The fourth-order valence-electron chi connectivity index (χ4n) is 3.62. The van der Waals surface area contributed by atoms with E-state index in [2.05, 4.69) is 4.98 Å². The molecule has 3 aromatic carbocycles. The molecule has 0 radical (unpaired) electrons. The number of hydrogen-bond donors (Lipinski definition) is 0. The van der Waals surface area contributed by atoms with E-state index in [1.807, 2.05) is 24.3 Å². The van der Waals surface area contributed by atoms with Crippen molar-refractivity contribution >= 4 is 39.1 Å². The van der Waals surface area contributed by atoms with Gasteiger partial charge in [-0.2, -0.15) is 0 Å². The summed E-state index contributed by atoms with van der Waals surface area (Å²) in [7, 11) is 1.52. The van der Waals surface area contributed by atoms with Crippen LogP contribution in [0.1, 0.15) is 11.1 Å². The predicted molar refractivity (Wildman–Crippen MR) is 126 cm³/mol. The first-order valence-corrected chi connectivity index (χ1v) is 10.8. The van der Waals surface area contributed by atoms with Crippen LogP contribution in [0.3, 0.4) is 0 Å². The summed E-state index contributed by atoms with van der Waals surface area (Å²) in [5.41, 5.74) is 2.67. The van der Waals surface area contributed by atoms with E-state index in [9.17, 15) is 14.9 Å². The summed E-state index contributed by atoms with van der Waals surface area (Å²) < 4.78 is 13.4. The molecule has 0 bridgehead atoms. The highest BCUT2D eigenvalue weighted by molar-refractivity contribution is 7.15. The Balaban J connectivity index is 1.46. The zero-order valence-corrected chi connectivity index (χ0v) is 18.2. The van der Waals surface area contributed by atoms with Crippen molar-refractivity contribution in [2.75, 3.05) is 7.11 Å². The van der Waals surface area contributed by atoms with Crippen molar-refractivity contribution in [3.8, 4) is 11.5 Å². The zero-order valence-electron chi connectivity index (χ0n) is 17.4. The van der Waals surface area contributed by atoms with Crippen molar-refractivity contribution in [3.63, 3.8) is 0 Å². The van der Waals surface area contributed by atoms with Crippen molar-refractivity contribution in [2.24, 2.45) is 0 Å². The van der Waals surface area contributed by atoms with E-state index in [1.54, 1.807) is 46.9 Å². The molecule has 0 fully saturated rings. The summed E-state index contributed by atoms with van der Waals surface area (Å²) in [5.74, 6) is 0.906. The van der Waals surface area contributed by atoms with Crippen LogP contribution in [-0.4, -0.2) is 21.4 Å². The van der Waals surface area contributed by atoms with E-state index in [-0.39, 0.29) is 17.9 Å². The lowest BCUT2D eigenvalue weighted by atomic mass is 10.2. The molecule has 0 atom stereocenters. The second kappa shape index (κ2) is 8.36. The molecule has 0 unspecified atom stereocenters. The van der Waals surface area contributed by atoms with Gasteiger partial charge in [0.25, 0.3) is 11.2 Å². The topological polar surface area (TPSA) is 96.0 Å². The lowest BCUT2D eigenvalue weighted by molar-refractivity contribution is -0.385. The van der Waals surface area contributed by atoms with E-state index in [0.717, 1.165) is 16.6 Å². The molecule has 2 heterocycles. The number of nitro groups is 1. The third-order valence-electron chi connectivity index (χ3n) is 5.20. The number of fused-ring (bicyclic) bond motifs is 3. The van der Waals surface area contributed by atoms with Crippen LogP contribution in [0.5, 0.6) is 11.5 Å². The molecule has 2 aromatic heterocycles. The fourth-order valence-corrected chi connectivity index (χ4v) is 4.61. The smallest absolute Gasteiger partial charge is 0.276 e. The summed E-state index contributed by atoms with van der Waals surface area (Å²) in [6.45, 7) is 0.0243. The molecule has 5 aromatic rings. The highest BCUT2D eigenvalue weighted by Crippen LogP contribution is 2.30. The van der Waals surface area contributed by atoms with E-state index >= 15 is 0 Å². The van der Waals surface area contributed by atoms with Crippen molar-refractivity contribution in [1.82, 2.24) is 9.38 Å². The van der Waals surface area contributed by atoms with Gasteiger partial charge < -0.3 is 9.47 Å². The summed E-state index contributed by atoms with van der Waals surface area (Å²) >= 11 is 1.32. The number of para-hydroxylation sites is 3. The van der Waals surface area contributed by atoms with Crippen LogP contribution in [0.2, 0.25) is 0 Å². The monoisotopic (exact) mass is 459 g/mol. The minimum Gasteiger partial charge on any atom is -0.493 e. The number of methoxy groups -OCH3 is 1. The number of hydrogen-bond acceptors (Lipinski definition) is 7. The van der Waals surface area contributed by atoms with Crippen LogP contribution in [0.25, 0.3) is 22.1 Å². The largest absolute Gasteiger partial charge is 0.493 e. The lowest BCUT2D eigenvalue weighted by Crippen LogP contribution is -2.22. The average molecular weight is 459 g/mol. The average Bonchev–Trinajstić information content (AvgIpc) is 3.34. The maximum Gasteiger partial charge on any atom is 0.276 e. The minimum absolute atomic E-state index is 0.000345. The van der Waals surface area contributed by atoms with Crippen LogP contribution in [-0.2, 0) is 6.61 Å². The van der Waals surface area contributed by atoms with Crippen molar-refractivity contribution < 1.29 is 14.4 Å². The van der Waals surface area contributed by atoms with Gasteiger partial charge in [0.05, 0.1) is 33.2 Å². The van der Waals surface area contributed by atoms with Crippen molar-refractivity contribution in [2.45, 2.75) is 6.61 Å². The third kappa shape index (κ3) is 3.79. The Morgan fingerprint density at radius 3 is 2.70 bits per heavy atom. The molecular weight excluding hydrogens is 442 g/mol. The minimum atomic E-state index is -0.435. The maximum absolute atomic E-state index is 13.0. The molecule has 33 heavy (non-hydrogen) atoms. The first kappa shape index (κ1) is 20.7. The summed E-state index contributed by atoms with van der Waals surface area (Å²) in [5, 5.41) is 11.2. The quantitative estimate of drug-likeness (QED) is 0.282. The van der Waals surface area contributed by atoms with Crippen LogP contribution in [0.15, 0.2) is 71.5 Å². The van der Waals surface area contributed by atoms with Gasteiger partial charge in [-0.05, 0) is 42.0 Å². The van der Waals surface area contributed by atoms with Gasteiger partial charge in [0.1, 0.15) is 6.61 Å². The molecule has 0 saturated carbocycles. The fraction of sp³-hybridized carbons (Fsp3) is 0.0833. The normalized spacial score (nSPS) is 11.8. The number of nitro benzene ring substituents is 1. The second-order valence-electron chi connectivity index (χ2n) is 7.22. The number of nitrogens with zero attached hydrogens (tertiary/aromatic N) is 3. The Kier molecular flexibility index (Phi) is 5.23. The third-order valence-corrected chi connectivity index (χ3v) is 6.17. The zero-order chi connectivity index (χ0) is 22.9. The number of imidazole rings is 1. The van der Waals surface area contributed by atoms with Crippen LogP contribution < -0.4 is 19.6 Å². The first-order chi connectivity index (χ1) is 16.0. The molecule has 9 heteroatoms. The summed E-state index contributed by atoms with van der Waals surface area (Å²) in [4.78, 5) is 28.9. The molecule has 164 valence electrons. The Bertz CT molecular complexity index is 1620.